The molecule has 0 saturated heterocycles. The smallest absolute Gasteiger partial charge is 0.297 e. The van der Waals surface area contributed by atoms with Gasteiger partial charge in [0, 0.05) is 28.4 Å². The Bertz CT molecular complexity index is 6260. The quantitative estimate of drug-likeness (QED) is 0.0535. The van der Waals surface area contributed by atoms with Gasteiger partial charge in [-0.1, -0.05) is 61.3 Å². The molecule has 0 bridgehead atoms. The summed E-state index contributed by atoms with van der Waals surface area (Å²) < 4.78 is 9.62. The van der Waals surface area contributed by atoms with Crippen LogP contribution in [0.5, 0.6) is 0 Å². The van der Waals surface area contributed by atoms with Crippen LogP contribution in [-0.4, -0.2) is 190 Å². The summed E-state index contributed by atoms with van der Waals surface area (Å²) in [7, 11) is 0. The first-order chi connectivity index (χ1) is 53.8. The molecule has 11 aromatic rings. The Kier molecular flexibility index (Phi) is 21.8. The molecule has 0 unspecified atom stereocenters. The Balaban J connectivity index is 0.000000133. The molecule has 0 spiro atoms. The minimum atomic E-state index is -1.05. The van der Waals surface area contributed by atoms with Crippen molar-refractivity contribution >= 4 is 153 Å². The maximum Gasteiger partial charge on any atom is 0.297 e. The van der Waals surface area contributed by atoms with Crippen LogP contribution in [0.2, 0.25) is 0 Å². The summed E-state index contributed by atoms with van der Waals surface area (Å²) in [5.41, 5.74) is 4.56. The summed E-state index contributed by atoms with van der Waals surface area (Å²) in [6, 6.07) is 41.2. The zero-order valence-electron chi connectivity index (χ0n) is 60.8. The summed E-state index contributed by atoms with van der Waals surface area (Å²) >= 11 is 32.0. The molecular formula is C71H67N21O15S7. The maximum atomic E-state index is 12.3. The van der Waals surface area contributed by atoms with Crippen LogP contribution in [0.1, 0.15) is 66.5 Å². The normalized spacial score (nSPS) is 16.7. The lowest BCUT2D eigenvalue weighted by molar-refractivity contribution is -0.118. The van der Waals surface area contributed by atoms with Crippen LogP contribution in [0.15, 0.2) is 197 Å². The summed E-state index contributed by atoms with van der Waals surface area (Å²) in [4.78, 5) is 70.2. The standard InChI is InChI=1S/C20H19N5O3S.2C13H13N5O3S.C13H12N2O3S2.C12H10N4O3S2/c1-20(2)17(27)16(26)18(28)24(20)14-8-6-12(7-9-14)10-13-4-3-5-15(11-13)25-19(29)21-22-23-25;1-13(2)10(20)9(19)11(21)17(13)7-3-5-8(6-4-7)18-12(22)14-15-16-18;1-13(2)10(20)9(19)11(21)17(13)7-4-3-5-8(6-7)18-12(22)14-15-16-18;1-13(2)10(17)9(16)11(18)15(13)6-3-4-8-7(5-6)14-12(19)20-8;17-8-5-15(10(19)9(8)18)6-1-3-7(4-2-6)16-11(20)13-14-12(16)21/h3-9,11,26-27H,10H2,1-2H3,(H,21,23,29);2*3-6,19-20H,1-2H3,(H,14,16,22);3-5,16-17H,1-2H3,(H,14,19);1-4,17-18H,5H2,(H,13,20)(H,14,21). The van der Waals surface area contributed by atoms with Crippen LogP contribution in [0.4, 0.5) is 28.4 Å². The van der Waals surface area contributed by atoms with Gasteiger partial charge < -0.3 is 56.0 Å². The number of hydrogen-bond acceptors (Lipinski definition) is 28. The van der Waals surface area contributed by atoms with Gasteiger partial charge in [-0.3, -0.25) is 63.2 Å². The first kappa shape index (κ1) is 80.4. The van der Waals surface area contributed by atoms with Gasteiger partial charge in [0.05, 0.1) is 39.5 Å². The molecule has 0 aliphatic carbocycles. The van der Waals surface area contributed by atoms with E-state index in [0.29, 0.717) is 64.5 Å². The number of carbonyl (C=O) groups excluding carboxylic acids is 5. The van der Waals surface area contributed by atoms with Gasteiger partial charge in [0.1, 0.15) is 22.2 Å². The second-order valence-electron chi connectivity index (χ2n) is 27.5. The minimum Gasteiger partial charge on any atom is -0.507 e. The highest BCUT2D eigenvalue weighted by molar-refractivity contribution is 7.73. The molecule has 5 aromatic heterocycles. The number of aromatic amines is 6. The lowest BCUT2D eigenvalue weighted by Crippen LogP contribution is -2.44. The molecule has 5 amide bonds. The number of rotatable bonds is 11. The third-order valence-electron chi connectivity index (χ3n) is 18.8. The number of carbonyl (C=O) groups is 5. The number of aliphatic hydroxyl groups is 10. The number of thiazole rings is 1. The van der Waals surface area contributed by atoms with E-state index in [1.807, 2.05) is 42.5 Å². The second kappa shape index (κ2) is 30.9. The fourth-order valence-corrected chi connectivity index (χ4v) is 15.0. The maximum absolute atomic E-state index is 12.3. The van der Waals surface area contributed by atoms with E-state index in [-0.39, 0.29) is 44.9 Å². The number of hydrogen-bond donors (Lipinski definition) is 16. The van der Waals surface area contributed by atoms with Crippen LogP contribution in [0.25, 0.3) is 33.0 Å². The molecule has 36 nitrogen and oxygen atoms in total. The van der Waals surface area contributed by atoms with Crippen molar-refractivity contribution in [1.29, 1.82) is 0 Å². The van der Waals surface area contributed by atoms with Crippen molar-refractivity contribution in [3.8, 4) is 22.7 Å². The van der Waals surface area contributed by atoms with Crippen molar-refractivity contribution in [3.05, 3.63) is 236 Å². The van der Waals surface area contributed by atoms with Gasteiger partial charge in [0.15, 0.2) is 42.3 Å². The number of aliphatic hydroxyl groups excluding tert-OH is 10. The Morgan fingerprint density at radius 1 is 0.386 bits per heavy atom. The molecule has 0 radical (unpaired) electrons. The first-order valence-corrected chi connectivity index (χ1v) is 36.9. The molecule has 10 heterocycles. The van der Waals surface area contributed by atoms with E-state index in [0.717, 1.165) is 32.7 Å². The Morgan fingerprint density at radius 2 is 0.746 bits per heavy atom. The van der Waals surface area contributed by atoms with Gasteiger partial charge in [0.2, 0.25) is 43.1 Å². The van der Waals surface area contributed by atoms with Crippen LogP contribution in [0.3, 0.4) is 0 Å². The first-order valence-electron chi connectivity index (χ1n) is 33.6. The highest BCUT2D eigenvalue weighted by atomic mass is 32.1. The van der Waals surface area contributed by atoms with Gasteiger partial charge in [-0.2, -0.15) is 15.6 Å². The molecule has 114 heavy (non-hydrogen) atoms. The molecule has 588 valence electrons. The predicted molar refractivity (Wildman–Crippen MR) is 432 cm³/mol. The Morgan fingerprint density at radius 3 is 1.15 bits per heavy atom. The van der Waals surface area contributed by atoms with E-state index >= 15 is 0 Å². The lowest BCUT2D eigenvalue weighted by Gasteiger charge is -2.31. The molecule has 0 atom stereocenters. The number of anilines is 5. The van der Waals surface area contributed by atoms with E-state index in [2.05, 4.69) is 61.8 Å². The Labute approximate surface area is 677 Å². The average molecular weight is 1680 g/mol. The van der Waals surface area contributed by atoms with Gasteiger partial charge in [-0.25, -0.2) is 14.0 Å². The monoisotopic (exact) mass is 1680 g/mol. The number of amides is 5. The van der Waals surface area contributed by atoms with E-state index in [1.165, 1.54) is 45.2 Å². The van der Waals surface area contributed by atoms with Crippen LogP contribution < -0.4 is 24.5 Å². The summed E-state index contributed by atoms with van der Waals surface area (Å²) in [6.45, 7) is 13.2. The number of aromatic nitrogens is 16. The number of nitrogens with zero attached hydrogens (tertiary/aromatic N) is 15. The van der Waals surface area contributed by atoms with Crippen molar-refractivity contribution in [3.63, 3.8) is 0 Å². The van der Waals surface area contributed by atoms with Gasteiger partial charge in [0.25, 0.3) is 29.5 Å². The molecule has 16 rings (SSSR count). The van der Waals surface area contributed by atoms with Crippen molar-refractivity contribution in [2.75, 3.05) is 31.0 Å². The number of benzene rings is 6. The molecule has 16 N–H and O–H groups in total. The number of tetrazole rings is 3. The van der Waals surface area contributed by atoms with E-state index < -0.39 is 80.5 Å². The lowest BCUT2D eigenvalue weighted by atomic mass is 10.0. The third kappa shape index (κ3) is 14.8. The molecule has 43 heteroatoms. The molecular weight excluding hydrogens is 1610 g/mol. The zero-order chi connectivity index (χ0) is 82.7. The van der Waals surface area contributed by atoms with Crippen molar-refractivity contribution in [2.24, 2.45) is 0 Å². The molecule has 0 fully saturated rings. The SMILES string of the molecule is CC1(C)C(O)=C(O)C(=O)N1c1ccc(-n2[nH]nnc2=S)cc1.CC1(C)C(O)=C(O)C(=O)N1c1ccc(Cc2cccc(-n3[nH]nnc3=S)c2)cc1.CC1(C)C(O)=C(O)C(=O)N1c1ccc2sc(=S)[nH]c2c1.CC1(C)C(O)=C(O)C(=O)N1c1cccc(-n2[nH]nnc2=S)c1.O=C1C(O)=C(O)CN1c1ccc(-n2c(=S)[nH][nH]c2=S)cc1. The van der Waals surface area contributed by atoms with Gasteiger partial charge in [-0.15, -0.1) is 11.3 Å². The van der Waals surface area contributed by atoms with Crippen molar-refractivity contribution in [2.45, 2.75) is 84.0 Å². The molecule has 0 saturated carbocycles. The number of fused-ring (bicyclic) bond motifs is 1. The fourth-order valence-electron chi connectivity index (χ4n) is 12.8. The second-order valence-corrected chi connectivity index (χ2v) is 31.1. The largest absolute Gasteiger partial charge is 0.507 e. The zero-order valence-corrected chi connectivity index (χ0v) is 66.5. The average Bonchev–Trinajstić information content (AvgIpc) is 1.62. The Hall–Kier alpha value is -13.1. The number of nitrogens with one attached hydrogen (secondary N) is 6. The van der Waals surface area contributed by atoms with Crippen molar-refractivity contribution in [1.82, 2.24) is 80.4 Å². The predicted octanol–water partition coefficient (Wildman–Crippen LogP) is 12.6. The van der Waals surface area contributed by atoms with E-state index in [4.69, 9.17) is 73.3 Å². The highest BCUT2D eigenvalue weighted by Gasteiger charge is 2.50. The topological polar surface area (TPSA) is 496 Å². The molecule has 5 aliphatic heterocycles. The summed E-state index contributed by atoms with van der Waals surface area (Å²) in [5, 5.41) is 133. The fraction of sp³-hybridized carbons (Fsp3) is 0.197. The summed E-state index contributed by atoms with van der Waals surface area (Å²) in [5.74, 6) is -7.94. The number of H-pyrrole nitrogens is 6. The van der Waals surface area contributed by atoms with E-state index in [1.54, 1.807) is 162 Å². The third-order valence-corrected chi connectivity index (χ3v) is 21.3. The minimum absolute atomic E-state index is 0.0480. The van der Waals surface area contributed by atoms with Crippen LogP contribution in [0, 0.1) is 27.8 Å². The molecule has 6 aromatic carbocycles. The van der Waals surface area contributed by atoms with Crippen LogP contribution >= 0.6 is 84.6 Å². The van der Waals surface area contributed by atoms with Gasteiger partial charge >= 0.3 is 0 Å². The van der Waals surface area contributed by atoms with Crippen molar-refractivity contribution < 1.29 is 75.0 Å². The molecule has 5 aliphatic rings. The van der Waals surface area contributed by atoms with Gasteiger partial charge in [-0.05, 0) is 255 Å². The van der Waals surface area contributed by atoms with Crippen LogP contribution in [-0.2, 0) is 30.4 Å². The van der Waals surface area contributed by atoms with E-state index in [9.17, 15) is 75.0 Å². The highest BCUT2D eigenvalue weighted by Crippen LogP contribution is 2.42. The summed E-state index contributed by atoms with van der Waals surface area (Å²) in [6.07, 6.45) is 0.676.